The second-order valence-corrected chi connectivity index (χ2v) is 4.18. The first-order valence-electron chi connectivity index (χ1n) is 5.94. The number of nitrogens with zero attached hydrogens (tertiary/aromatic N) is 3. The zero-order valence-corrected chi connectivity index (χ0v) is 10.6. The Morgan fingerprint density at radius 3 is 2.68 bits per heavy atom. The molecule has 0 bridgehead atoms. The lowest BCUT2D eigenvalue weighted by molar-refractivity contribution is 0.0789. The number of halogens is 1. The summed E-state index contributed by atoms with van der Waals surface area (Å²) in [5.41, 5.74) is 1.22. The average molecular weight is 259 g/mol. The van der Waals surface area contributed by atoms with Crippen molar-refractivity contribution in [2.45, 2.75) is 6.42 Å². The molecule has 0 atom stereocenters. The number of pyridine rings is 2. The van der Waals surface area contributed by atoms with Crippen molar-refractivity contribution in [3.8, 4) is 0 Å². The lowest BCUT2D eigenvalue weighted by Crippen LogP contribution is -2.29. The molecule has 2 rings (SSSR count). The van der Waals surface area contributed by atoms with E-state index in [1.54, 1.807) is 19.4 Å². The summed E-state index contributed by atoms with van der Waals surface area (Å²) in [5, 5.41) is 0. The summed E-state index contributed by atoms with van der Waals surface area (Å²) in [6.07, 6.45) is 4.15. The number of likely N-dealkylation sites (N-methyl/N-ethyl adjacent to an activating group) is 1. The van der Waals surface area contributed by atoms with Crippen molar-refractivity contribution in [3.63, 3.8) is 0 Å². The molecule has 5 heteroatoms. The first kappa shape index (κ1) is 13.1. The third-order valence-corrected chi connectivity index (χ3v) is 2.77. The molecule has 4 nitrogen and oxygen atoms in total. The molecule has 0 N–H and O–H groups in total. The van der Waals surface area contributed by atoms with E-state index < -0.39 is 5.95 Å². The predicted molar refractivity (Wildman–Crippen MR) is 69.1 cm³/mol. The minimum Gasteiger partial charge on any atom is -0.340 e. The highest BCUT2D eigenvalue weighted by Crippen LogP contribution is 2.04. The summed E-state index contributed by atoms with van der Waals surface area (Å²) in [5.74, 6) is -0.929. The maximum Gasteiger partial charge on any atom is 0.272 e. The van der Waals surface area contributed by atoms with Crippen LogP contribution in [-0.4, -0.2) is 34.4 Å². The van der Waals surface area contributed by atoms with Gasteiger partial charge in [-0.15, -0.1) is 0 Å². The molecule has 0 fully saturated rings. The topological polar surface area (TPSA) is 46.1 Å². The van der Waals surface area contributed by atoms with Crippen molar-refractivity contribution in [2.24, 2.45) is 0 Å². The van der Waals surface area contributed by atoms with E-state index in [-0.39, 0.29) is 11.6 Å². The molecule has 0 aliphatic rings. The maximum absolute atomic E-state index is 13.0. The van der Waals surface area contributed by atoms with Crippen LogP contribution < -0.4 is 0 Å². The van der Waals surface area contributed by atoms with Crippen molar-refractivity contribution in [2.75, 3.05) is 13.6 Å². The van der Waals surface area contributed by atoms with Crippen LogP contribution in [0.25, 0.3) is 0 Å². The van der Waals surface area contributed by atoms with E-state index in [4.69, 9.17) is 0 Å². The van der Waals surface area contributed by atoms with Gasteiger partial charge in [-0.1, -0.05) is 6.07 Å². The molecule has 0 saturated heterocycles. The Bertz CT molecular complexity index is 560. The second kappa shape index (κ2) is 6.04. The van der Waals surface area contributed by atoms with E-state index in [0.717, 1.165) is 12.0 Å². The van der Waals surface area contributed by atoms with Crippen LogP contribution in [0.15, 0.2) is 42.7 Å². The van der Waals surface area contributed by atoms with Crippen molar-refractivity contribution in [1.29, 1.82) is 0 Å². The Labute approximate surface area is 110 Å². The van der Waals surface area contributed by atoms with Gasteiger partial charge in [0.25, 0.3) is 5.91 Å². The standard InChI is InChI=1S/C14H14FN3O/c1-18(10-7-11-5-8-16-9-6-11)14(19)12-3-2-4-13(15)17-12/h2-6,8-9H,7,10H2,1H3. The van der Waals surface area contributed by atoms with Crippen LogP contribution in [0.5, 0.6) is 0 Å². The highest BCUT2D eigenvalue weighted by molar-refractivity contribution is 5.92. The minimum atomic E-state index is -0.645. The van der Waals surface area contributed by atoms with Crippen LogP contribution in [0.4, 0.5) is 4.39 Å². The summed E-state index contributed by atoms with van der Waals surface area (Å²) < 4.78 is 13.0. The fraction of sp³-hybridized carbons (Fsp3) is 0.214. The van der Waals surface area contributed by atoms with Gasteiger partial charge in [-0.05, 0) is 36.2 Å². The van der Waals surface area contributed by atoms with E-state index in [1.165, 1.54) is 23.1 Å². The largest absolute Gasteiger partial charge is 0.340 e. The molecule has 0 radical (unpaired) electrons. The van der Waals surface area contributed by atoms with E-state index >= 15 is 0 Å². The summed E-state index contributed by atoms with van der Waals surface area (Å²) in [6.45, 7) is 0.543. The third kappa shape index (κ3) is 3.58. The van der Waals surface area contributed by atoms with Gasteiger partial charge in [0, 0.05) is 26.0 Å². The Morgan fingerprint density at radius 1 is 1.26 bits per heavy atom. The third-order valence-electron chi connectivity index (χ3n) is 2.77. The first-order valence-corrected chi connectivity index (χ1v) is 5.94. The van der Waals surface area contributed by atoms with Gasteiger partial charge < -0.3 is 4.90 Å². The van der Waals surface area contributed by atoms with Crippen LogP contribution in [0.3, 0.4) is 0 Å². The molecule has 0 aliphatic heterocycles. The molecule has 0 spiro atoms. The summed E-state index contributed by atoms with van der Waals surface area (Å²) in [6, 6.07) is 8.01. The van der Waals surface area contributed by atoms with Crippen LogP contribution in [-0.2, 0) is 6.42 Å². The molecule has 0 aliphatic carbocycles. The van der Waals surface area contributed by atoms with Crippen LogP contribution in [0.1, 0.15) is 16.1 Å². The molecule has 1 amide bonds. The number of carbonyl (C=O) groups excluding carboxylic acids is 1. The number of aromatic nitrogens is 2. The molecule has 98 valence electrons. The van der Waals surface area contributed by atoms with Gasteiger partial charge in [0.15, 0.2) is 0 Å². The lowest BCUT2D eigenvalue weighted by atomic mass is 10.2. The highest BCUT2D eigenvalue weighted by Gasteiger charge is 2.13. The van der Waals surface area contributed by atoms with E-state index in [1.807, 2.05) is 12.1 Å². The summed E-state index contributed by atoms with van der Waals surface area (Å²) >= 11 is 0. The lowest BCUT2D eigenvalue weighted by Gasteiger charge is -2.16. The molecular weight excluding hydrogens is 245 g/mol. The van der Waals surface area contributed by atoms with Gasteiger partial charge in [-0.3, -0.25) is 9.78 Å². The normalized spacial score (nSPS) is 10.2. The molecule has 0 aromatic carbocycles. The number of rotatable bonds is 4. The number of hydrogen-bond acceptors (Lipinski definition) is 3. The Morgan fingerprint density at radius 2 is 2.00 bits per heavy atom. The zero-order chi connectivity index (χ0) is 13.7. The minimum absolute atomic E-state index is 0.122. The van der Waals surface area contributed by atoms with Crippen molar-refractivity contribution < 1.29 is 9.18 Å². The van der Waals surface area contributed by atoms with Crippen molar-refractivity contribution >= 4 is 5.91 Å². The zero-order valence-electron chi connectivity index (χ0n) is 10.6. The number of hydrogen-bond donors (Lipinski definition) is 0. The smallest absolute Gasteiger partial charge is 0.272 e. The molecule has 2 heterocycles. The predicted octanol–water partition coefficient (Wildman–Crippen LogP) is 1.93. The average Bonchev–Trinajstić information content (AvgIpc) is 2.45. The van der Waals surface area contributed by atoms with Gasteiger partial charge in [0.05, 0.1) is 0 Å². The maximum atomic E-state index is 13.0. The fourth-order valence-electron chi connectivity index (χ4n) is 1.67. The summed E-state index contributed by atoms with van der Waals surface area (Å²) in [4.78, 5) is 21.0. The van der Waals surface area contributed by atoms with Crippen LogP contribution in [0.2, 0.25) is 0 Å². The molecule has 2 aromatic rings. The monoisotopic (exact) mass is 259 g/mol. The fourth-order valence-corrected chi connectivity index (χ4v) is 1.67. The SMILES string of the molecule is CN(CCc1ccncc1)C(=O)c1cccc(F)n1. The number of amides is 1. The molecular formula is C14H14FN3O. The van der Waals surface area contributed by atoms with E-state index in [2.05, 4.69) is 9.97 Å². The van der Waals surface area contributed by atoms with Crippen molar-refractivity contribution in [3.05, 3.63) is 59.9 Å². The van der Waals surface area contributed by atoms with Gasteiger partial charge in [-0.2, -0.15) is 4.39 Å². The molecule has 0 saturated carbocycles. The van der Waals surface area contributed by atoms with Gasteiger partial charge in [0.1, 0.15) is 5.69 Å². The number of carbonyl (C=O) groups is 1. The van der Waals surface area contributed by atoms with Crippen LogP contribution >= 0.6 is 0 Å². The second-order valence-electron chi connectivity index (χ2n) is 4.18. The van der Waals surface area contributed by atoms with E-state index in [0.29, 0.717) is 6.54 Å². The van der Waals surface area contributed by atoms with Gasteiger partial charge in [0.2, 0.25) is 5.95 Å². The Kier molecular flexibility index (Phi) is 4.18. The molecule has 19 heavy (non-hydrogen) atoms. The van der Waals surface area contributed by atoms with Crippen molar-refractivity contribution in [1.82, 2.24) is 14.9 Å². The highest BCUT2D eigenvalue weighted by atomic mass is 19.1. The first-order chi connectivity index (χ1) is 9.16. The van der Waals surface area contributed by atoms with Gasteiger partial charge in [-0.25, -0.2) is 4.98 Å². The molecule has 0 unspecified atom stereocenters. The quantitative estimate of drug-likeness (QED) is 0.788. The Hall–Kier alpha value is -2.30. The van der Waals surface area contributed by atoms with Gasteiger partial charge >= 0.3 is 0 Å². The summed E-state index contributed by atoms with van der Waals surface area (Å²) in [7, 11) is 1.68. The molecule has 2 aromatic heterocycles. The Balaban J connectivity index is 1.96. The van der Waals surface area contributed by atoms with Crippen LogP contribution in [0, 0.1) is 5.95 Å². The van der Waals surface area contributed by atoms with E-state index in [9.17, 15) is 9.18 Å².